The maximum Gasteiger partial charge on any atom is 0.230 e. The zero-order valence-corrected chi connectivity index (χ0v) is 15.9. The minimum atomic E-state index is -0.576. The van der Waals surface area contributed by atoms with E-state index < -0.39 is 5.41 Å². The molecule has 2 aromatic carbocycles. The normalized spacial score (nSPS) is 18.2. The summed E-state index contributed by atoms with van der Waals surface area (Å²) in [6.07, 6.45) is 3.24. The molecule has 0 spiro atoms. The van der Waals surface area contributed by atoms with Crippen LogP contribution in [-0.2, 0) is 16.6 Å². The Morgan fingerprint density at radius 2 is 1.62 bits per heavy atom. The van der Waals surface area contributed by atoms with Crippen LogP contribution in [0, 0.1) is 0 Å². The highest BCUT2D eigenvalue weighted by Crippen LogP contribution is 2.28. The zero-order valence-electron chi connectivity index (χ0n) is 15.9. The summed E-state index contributed by atoms with van der Waals surface area (Å²) >= 11 is 0. The fourth-order valence-electron chi connectivity index (χ4n) is 3.87. The number of amides is 1. The van der Waals surface area contributed by atoms with Gasteiger partial charge in [-0.3, -0.25) is 9.69 Å². The third-order valence-electron chi connectivity index (χ3n) is 5.63. The Morgan fingerprint density at radius 3 is 2.23 bits per heavy atom. The molecule has 0 saturated carbocycles. The van der Waals surface area contributed by atoms with Gasteiger partial charge in [0, 0.05) is 12.6 Å². The van der Waals surface area contributed by atoms with E-state index in [0.717, 1.165) is 18.7 Å². The molecule has 1 saturated heterocycles. The van der Waals surface area contributed by atoms with Crippen molar-refractivity contribution < 1.29 is 4.79 Å². The van der Waals surface area contributed by atoms with Gasteiger partial charge >= 0.3 is 0 Å². The van der Waals surface area contributed by atoms with Crippen LogP contribution in [-0.4, -0.2) is 36.5 Å². The van der Waals surface area contributed by atoms with Crippen LogP contribution in [0.25, 0.3) is 0 Å². The van der Waals surface area contributed by atoms with Crippen LogP contribution < -0.4 is 5.32 Å². The van der Waals surface area contributed by atoms with Crippen molar-refractivity contribution in [3.63, 3.8) is 0 Å². The predicted molar refractivity (Wildman–Crippen MR) is 107 cm³/mol. The number of benzene rings is 2. The molecule has 0 aliphatic carbocycles. The first kappa shape index (κ1) is 18.7. The highest BCUT2D eigenvalue weighted by atomic mass is 16.2. The molecule has 1 amide bonds. The van der Waals surface area contributed by atoms with Crippen LogP contribution in [0.5, 0.6) is 0 Å². The standard InChI is InChI=1S/C23H30N2O/c1-19(25-15-9-10-16-25)18-24-22(26)23(2,21-13-7-4-8-14-21)17-20-11-5-3-6-12-20/h3-8,11-14,19H,9-10,15-18H2,1-2H3,(H,24,26). The summed E-state index contributed by atoms with van der Waals surface area (Å²) < 4.78 is 0. The van der Waals surface area contributed by atoms with E-state index in [1.54, 1.807) is 0 Å². The molecule has 2 aromatic rings. The Balaban J connectivity index is 1.75. The number of hydrogen-bond acceptors (Lipinski definition) is 2. The maximum absolute atomic E-state index is 13.3. The molecule has 1 fully saturated rings. The van der Waals surface area contributed by atoms with Gasteiger partial charge in [0.1, 0.15) is 0 Å². The Hall–Kier alpha value is -2.13. The number of nitrogens with zero attached hydrogens (tertiary/aromatic N) is 1. The van der Waals surface area contributed by atoms with Gasteiger partial charge in [-0.1, -0.05) is 60.7 Å². The third-order valence-corrected chi connectivity index (χ3v) is 5.63. The zero-order chi connectivity index (χ0) is 18.4. The number of nitrogens with one attached hydrogen (secondary N) is 1. The van der Waals surface area contributed by atoms with Gasteiger partial charge in [0.2, 0.25) is 5.91 Å². The summed E-state index contributed by atoms with van der Waals surface area (Å²) in [5, 5.41) is 3.24. The van der Waals surface area contributed by atoms with Crippen molar-refractivity contribution in [1.82, 2.24) is 10.2 Å². The predicted octanol–water partition coefficient (Wildman–Crippen LogP) is 3.79. The molecule has 3 rings (SSSR count). The molecular weight excluding hydrogens is 320 g/mol. The van der Waals surface area contributed by atoms with E-state index in [-0.39, 0.29) is 5.91 Å². The van der Waals surface area contributed by atoms with Crippen molar-refractivity contribution in [1.29, 1.82) is 0 Å². The van der Waals surface area contributed by atoms with Crippen molar-refractivity contribution in [2.45, 2.75) is 44.6 Å². The molecule has 3 heteroatoms. The molecule has 0 aromatic heterocycles. The Morgan fingerprint density at radius 1 is 1.04 bits per heavy atom. The number of rotatable bonds is 7. The van der Waals surface area contributed by atoms with E-state index in [2.05, 4.69) is 48.3 Å². The van der Waals surface area contributed by atoms with Gasteiger partial charge in [-0.25, -0.2) is 0 Å². The second kappa shape index (κ2) is 8.50. The average Bonchev–Trinajstić information content (AvgIpc) is 3.22. The molecule has 2 unspecified atom stereocenters. The summed E-state index contributed by atoms with van der Waals surface area (Å²) in [4.78, 5) is 15.7. The lowest BCUT2D eigenvalue weighted by atomic mass is 9.76. The van der Waals surface area contributed by atoms with Gasteiger partial charge < -0.3 is 5.32 Å². The number of carbonyl (C=O) groups is 1. The lowest BCUT2D eigenvalue weighted by Crippen LogP contribution is -2.48. The van der Waals surface area contributed by atoms with Crippen molar-refractivity contribution >= 4 is 5.91 Å². The molecule has 138 valence electrons. The van der Waals surface area contributed by atoms with Crippen molar-refractivity contribution in [3.8, 4) is 0 Å². The fraction of sp³-hybridized carbons (Fsp3) is 0.435. The lowest BCUT2D eigenvalue weighted by Gasteiger charge is -2.31. The molecule has 0 radical (unpaired) electrons. The van der Waals surface area contributed by atoms with Crippen LogP contribution in [0.1, 0.15) is 37.8 Å². The lowest BCUT2D eigenvalue weighted by molar-refractivity contribution is -0.126. The van der Waals surface area contributed by atoms with Crippen LogP contribution in [0.15, 0.2) is 60.7 Å². The largest absolute Gasteiger partial charge is 0.354 e. The topological polar surface area (TPSA) is 32.3 Å². The second-order valence-electron chi connectivity index (χ2n) is 7.66. The Bertz CT molecular complexity index is 695. The summed E-state index contributed by atoms with van der Waals surface area (Å²) in [7, 11) is 0. The smallest absolute Gasteiger partial charge is 0.230 e. The average molecular weight is 351 g/mol. The first-order valence-electron chi connectivity index (χ1n) is 9.71. The van der Waals surface area contributed by atoms with E-state index in [9.17, 15) is 4.79 Å². The molecule has 0 bridgehead atoms. The summed E-state index contributed by atoms with van der Waals surface area (Å²) in [5.74, 6) is 0.110. The minimum absolute atomic E-state index is 0.110. The molecule has 1 heterocycles. The van der Waals surface area contributed by atoms with E-state index >= 15 is 0 Å². The number of carbonyl (C=O) groups excluding carboxylic acids is 1. The molecule has 1 aliphatic heterocycles. The highest BCUT2D eigenvalue weighted by Gasteiger charge is 2.35. The quantitative estimate of drug-likeness (QED) is 0.824. The second-order valence-corrected chi connectivity index (χ2v) is 7.66. The monoisotopic (exact) mass is 350 g/mol. The van der Waals surface area contributed by atoms with Gasteiger partial charge in [0.15, 0.2) is 0 Å². The van der Waals surface area contributed by atoms with Gasteiger partial charge in [0.05, 0.1) is 5.41 Å². The van der Waals surface area contributed by atoms with Gasteiger partial charge in [-0.05, 0) is 57.3 Å². The molecule has 1 N–H and O–H groups in total. The van der Waals surface area contributed by atoms with Crippen molar-refractivity contribution in [2.24, 2.45) is 0 Å². The molecule has 3 nitrogen and oxygen atoms in total. The number of hydrogen-bond donors (Lipinski definition) is 1. The summed E-state index contributed by atoms with van der Waals surface area (Å²) in [6, 6.07) is 20.8. The summed E-state index contributed by atoms with van der Waals surface area (Å²) in [6.45, 7) is 7.28. The molecule has 26 heavy (non-hydrogen) atoms. The first-order valence-corrected chi connectivity index (χ1v) is 9.71. The number of likely N-dealkylation sites (tertiary alicyclic amines) is 1. The van der Waals surface area contributed by atoms with Crippen LogP contribution in [0.2, 0.25) is 0 Å². The Kier molecular flexibility index (Phi) is 6.10. The van der Waals surface area contributed by atoms with E-state index in [1.807, 2.05) is 36.4 Å². The van der Waals surface area contributed by atoms with Crippen LogP contribution in [0.3, 0.4) is 0 Å². The van der Waals surface area contributed by atoms with Crippen LogP contribution in [0.4, 0.5) is 0 Å². The summed E-state index contributed by atoms with van der Waals surface area (Å²) in [5.41, 5.74) is 1.67. The SMILES string of the molecule is CC(CNC(=O)C(C)(Cc1ccccc1)c1ccccc1)N1CCCC1. The van der Waals surface area contributed by atoms with E-state index in [4.69, 9.17) is 0 Å². The third kappa shape index (κ3) is 4.34. The minimum Gasteiger partial charge on any atom is -0.354 e. The van der Waals surface area contributed by atoms with Crippen molar-refractivity contribution in [2.75, 3.05) is 19.6 Å². The van der Waals surface area contributed by atoms with Crippen LogP contribution >= 0.6 is 0 Å². The molecule has 1 aliphatic rings. The molecular formula is C23H30N2O. The Labute approximate surface area is 157 Å². The maximum atomic E-state index is 13.3. The fourth-order valence-corrected chi connectivity index (χ4v) is 3.87. The first-order chi connectivity index (χ1) is 12.6. The van der Waals surface area contributed by atoms with Gasteiger partial charge in [-0.15, -0.1) is 0 Å². The van der Waals surface area contributed by atoms with E-state index in [1.165, 1.54) is 18.4 Å². The van der Waals surface area contributed by atoms with Crippen molar-refractivity contribution in [3.05, 3.63) is 71.8 Å². The highest BCUT2D eigenvalue weighted by molar-refractivity contribution is 5.88. The van der Waals surface area contributed by atoms with E-state index in [0.29, 0.717) is 19.0 Å². The van der Waals surface area contributed by atoms with Gasteiger partial charge in [-0.2, -0.15) is 0 Å². The van der Waals surface area contributed by atoms with Gasteiger partial charge in [0.25, 0.3) is 0 Å². The molecule has 2 atom stereocenters.